The zero-order chi connectivity index (χ0) is 14.6. The van der Waals surface area contributed by atoms with E-state index in [1.54, 1.807) is 12.1 Å². The molecule has 0 aliphatic rings. The Balaban J connectivity index is 3.18. The fraction of sp³-hybridized carbons (Fsp3) is 0.462. The molecule has 0 bridgehead atoms. The van der Waals surface area contributed by atoms with Crippen LogP contribution in [0.15, 0.2) is 16.6 Å². The van der Waals surface area contributed by atoms with Gasteiger partial charge in [-0.2, -0.15) is 0 Å². The smallest absolute Gasteiger partial charge is 0.161 e. The van der Waals surface area contributed by atoms with E-state index in [-0.39, 0.29) is 27.9 Å². The average molecular weight is 349 g/mol. The minimum atomic E-state index is -0.378. The predicted molar refractivity (Wildman–Crippen MR) is 84.2 cm³/mol. The zero-order valence-electron chi connectivity index (χ0n) is 11.0. The van der Waals surface area contributed by atoms with Crippen LogP contribution in [0.5, 0.6) is 0 Å². The summed E-state index contributed by atoms with van der Waals surface area (Å²) in [4.78, 5) is 2.06. The van der Waals surface area contributed by atoms with Gasteiger partial charge in [0, 0.05) is 24.8 Å². The van der Waals surface area contributed by atoms with Crippen LogP contribution in [0.4, 0.5) is 10.1 Å². The molecule has 0 fully saturated rings. The number of nitrogens with two attached hydrogens (primary N) is 1. The Bertz CT molecular complexity index is 468. The molecule has 106 valence electrons. The zero-order valence-corrected chi connectivity index (χ0v) is 13.4. The molecule has 1 aromatic rings. The summed E-state index contributed by atoms with van der Waals surface area (Å²) in [5.41, 5.74) is 6.51. The van der Waals surface area contributed by atoms with Crippen molar-refractivity contribution in [3.05, 3.63) is 28.0 Å². The van der Waals surface area contributed by atoms with Gasteiger partial charge >= 0.3 is 0 Å². The summed E-state index contributed by atoms with van der Waals surface area (Å²) in [6.07, 6.45) is 0.590. The lowest BCUT2D eigenvalue weighted by Gasteiger charge is -2.29. The van der Waals surface area contributed by atoms with Crippen molar-refractivity contribution in [1.82, 2.24) is 0 Å². The molecule has 0 aliphatic carbocycles. The SMILES string of the molecule is CC(C)N(CCCO)c1ccc(C(N)=S)c(Br)c1F. The lowest BCUT2D eigenvalue weighted by molar-refractivity contribution is 0.288. The van der Waals surface area contributed by atoms with Gasteiger partial charge in [0.05, 0.1) is 10.2 Å². The first-order valence-corrected chi connectivity index (χ1v) is 7.25. The second kappa shape index (κ2) is 7.17. The fourth-order valence-corrected chi connectivity index (χ4v) is 2.70. The Hall–Kier alpha value is -0.720. The molecule has 0 aliphatic heterocycles. The molecule has 0 heterocycles. The Kier molecular flexibility index (Phi) is 6.16. The maximum atomic E-state index is 14.4. The third kappa shape index (κ3) is 3.87. The third-order valence-electron chi connectivity index (χ3n) is 2.82. The Morgan fingerprint density at radius 1 is 1.53 bits per heavy atom. The summed E-state index contributed by atoms with van der Waals surface area (Å²) in [5.74, 6) is -0.378. The minimum absolute atomic E-state index is 0.0803. The fourth-order valence-electron chi connectivity index (χ4n) is 1.85. The molecule has 19 heavy (non-hydrogen) atoms. The van der Waals surface area contributed by atoms with Gasteiger partial charge in [0.15, 0.2) is 5.82 Å². The average Bonchev–Trinajstić information content (AvgIpc) is 2.33. The van der Waals surface area contributed by atoms with Crippen molar-refractivity contribution in [3.8, 4) is 0 Å². The first-order valence-electron chi connectivity index (χ1n) is 6.05. The van der Waals surface area contributed by atoms with Gasteiger partial charge in [0.25, 0.3) is 0 Å². The normalized spacial score (nSPS) is 10.8. The second-order valence-corrected chi connectivity index (χ2v) is 5.72. The van der Waals surface area contributed by atoms with E-state index >= 15 is 0 Å². The molecule has 3 nitrogen and oxygen atoms in total. The van der Waals surface area contributed by atoms with E-state index in [1.165, 1.54) is 0 Å². The largest absolute Gasteiger partial charge is 0.396 e. The molecule has 1 aromatic carbocycles. The van der Waals surface area contributed by atoms with Crippen LogP contribution in [-0.4, -0.2) is 29.3 Å². The van der Waals surface area contributed by atoms with Crippen LogP contribution in [0, 0.1) is 5.82 Å². The number of aliphatic hydroxyl groups excluding tert-OH is 1. The number of halogens is 2. The summed E-state index contributed by atoms with van der Waals surface area (Å²) in [5, 5.41) is 8.92. The van der Waals surface area contributed by atoms with Crippen LogP contribution in [0.3, 0.4) is 0 Å². The van der Waals surface area contributed by atoms with Gasteiger partial charge in [-0.25, -0.2) is 4.39 Å². The van der Waals surface area contributed by atoms with E-state index in [0.29, 0.717) is 24.2 Å². The first kappa shape index (κ1) is 16.3. The second-order valence-electron chi connectivity index (χ2n) is 4.49. The highest BCUT2D eigenvalue weighted by Crippen LogP contribution is 2.30. The first-order chi connectivity index (χ1) is 8.90. The van der Waals surface area contributed by atoms with Crippen molar-refractivity contribution in [1.29, 1.82) is 0 Å². The summed E-state index contributed by atoms with van der Waals surface area (Å²) in [6.45, 7) is 4.62. The summed E-state index contributed by atoms with van der Waals surface area (Å²) in [7, 11) is 0. The van der Waals surface area contributed by atoms with Gasteiger partial charge in [-0.1, -0.05) is 12.2 Å². The minimum Gasteiger partial charge on any atom is -0.396 e. The molecule has 3 N–H and O–H groups in total. The van der Waals surface area contributed by atoms with E-state index < -0.39 is 0 Å². The molecule has 6 heteroatoms. The lowest BCUT2D eigenvalue weighted by atomic mass is 10.1. The van der Waals surface area contributed by atoms with E-state index in [4.69, 9.17) is 23.1 Å². The van der Waals surface area contributed by atoms with Crippen molar-refractivity contribution in [2.75, 3.05) is 18.1 Å². The van der Waals surface area contributed by atoms with E-state index in [0.717, 1.165) is 0 Å². The lowest BCUT2D eigenvalue weighted by Crippen LogP contribution is -2.33. The Morgan fingerprint density at radius 3 is 2.63 bits per heavy atom. The van der Waals surface area contributed by atoms with Gasteiger partial charge in [-0.15, -0.1) is 0 Å². The van der Waals surface area contributed by atoms with Crippen LogP contribution in [0.1, 0.15) is 25.8 Å². The quantitative estimate of drug-likeness (QED) is 0.776. The molecule has 0 spiro atoms. The van der Waals surface area contributed by atoms with Crippen LogP contribution >= 0.6 is 28.1 Å². The van der Waals surface area contributed by atoms with Gasteiger partial charge in [0.1, 0.15) is 4.99 Å². The molecular weight excluding hydrogens is 331 g/mol. The number of aliphatic hydroxyl groups is 1. The molecule has 0 atom stereocenters. The van der Waals surface area contributed by atoms with E-state index in [2.05, 4.69) is 15.9 Å². The van der Waals surface area contributed by atoms with Crippen LogP contribution in [0.2, 0.25) is 0 Å². The van der Waals surface area contributed by atoms with E-state index in [1.807, 2.05) is 18.7 Å². The number of hydrogen-bond donors (Lipinski definition) is 2. The molecule has 0 radical (unpaired) electrons. The number of hydrogen-bond acceptors (Lipinski definition) is 3. The van der Waals surface area contributed by atoms with E-state index in [9.17, 15) is 4.39 Å². The maximum Gasteiger partial charge on any atom is 0.161 e. The number of thiocarbonyl (C=S) groups is 1. The van der Waals surface area contributed by atoms with Crippen LogP contribution in [-0.2, 0) is 0 Å². The summed E-state index contributed by atoms with van der Waals surface area (Å²) >= 11 is 8.07. The standard InChI is InChI=1S/C13H18BrFN2OS/c1-8(2)17(6-3-7-18)10-5-4-9(13(16)19)11(14)12(10)15/h4-5,8,18H,3,6-7H2,1-2H3,(H2,16,19). The van der Waals surface area contributed by atoms with Gasteiger partial charge < -0.3 is 15.7 Å². The number of nitrogens with zero attached hydrogens (tertiary/aromatic N) is 1. The van der Waals surface area contributed by atoms with Gasteiger partial charge in [-0.05, 0) is 48.3 Å². The summed E-state index contributed by atoms with van der Waals surface area (Å²) in [6, 6.07) is 3.51. The molecule has 0 saturated carbocycles. The van der Waals surface area contributed by atoms with Crippen LogP contribution < -0.4 is 10.6 Å². The highest BCUT2D eigenvalue weighted by atomic mass is 79.9. The molecule has 0 saturated heterocycles. The van der Waals surface area contributed by atoms with Crippen molar-refractivity contribution in [2.45, 2.75) is 26.3 Å². The maximum absolute atomic E-state index is 14.4. The highest BCUT2D eigenvalue weighted by molar-refractivity contribution is 9.10. The van der Waals surface area contributed by atoms with Gasteiger partial charge in [0.2, 0.25) is 0 Å². The van der Waals surface area contributed by atoms with Crippen molar-refractivity contribution < 1.29 is 9.50 Å². The molecular formula is C13H18BrFN2OS. The van der Waals surface area contributed by atoms with Gasteiger partial charge in [-0.3, -0.25) is 0 Å². The third-order valence-corrected chi connectivity index (χ3v) is 3.81. The molecule has 0 unspecified atom stereocenters. The predicted octanol–water partition coefficient (Wildman–Crippen LogP) is 2.82. The monoisotopic (exact) mass is 348 g/mol. The van der Waals surface area contributed by atoms with Crippen molar-refractivity contribution >= 4 is 38.8 Å². The topological polar surface area (TPSA) is 49.5 Å². The van der Waals surface area contributed by atoms with Crippen molar-refractivity contribution in [2.24, 2.45) is 5.73 Å². The number of anilines is 1. The summed E-state index contributed by atoms with van der Waals surface area (Å²) < 4.78 is 14.7. The molecule has 1 rings (SSSR count). The van der Waals surface area contributed by atoms with Crippen molar-refractivity contribution in [3.63, 3.8) is 0 Å². The molecule has 0 aromatic heterocycles. The van der Waals surface area contributed by atoms with Crippen LogP contribution in [0.25, 0.3) is 0 Å². The highest BCUT2D eigenvalue weighted by Gasteiger charge is 2.19. The number of benzene rings is 1. The Labute approximate surface area is 126 Å². The Morgan fingerprint density at radius 2 is 2.16 bits per heavy atom. The molecule has 0 amide bonds. The number of rotatable bonds is 6.